The van der Waals surface area contributed by atoms with Crippen molar-refractivity contribution in [2.45, 2.75) is 6.04 Å². The van der Waals surface area contributed by atoms with E-state index in [1.165, 1.54) is 4.88 Å². The molecule has 0 fully saturated rings. The van der Waals surface area contributed by atoms with Gasteiger partial charge in [-0.1, -0.05) is 6.07 Å². The quantitative estimate of drug-likeness (QED) is 0.721. The molecular weight excluding hydrogens is 350 g/mol. The number of urea groups is 1. The Labute approximate surface area is 155 Å². The van der Waals surface area contributed by atoms with Crippen molar-refractivity contribution in [3.8, 4) is 0 Å². The molecule has 26 heavy (non-hydrogen) atoms. The number of carbonyl (C=O) groups excluding carboxylic acids is 1. The molecule has 0 bridgehead atoms. The molecule has 0 aliphatic rings. The van der Waals surface area contributed by atoms with Crippen LogP contribution in [0.3, 0.4) is 0 Å². The number of nitrogens with one attached hydrogen (secondary N) is 2. The number of fused-ring (bicyclic) bond motifs is 1. The molecule has 0 aliphatic carbocycles. The summed E-state index contributed by atoms with van der Waals surface area (Å²) in [6, 6.07) is 9.37. The highest BCUT2D eigenvalue weighted by molar-refractivity contribution is 7.10. The fourth-order valence-corrected chi connectivity index (χ4v) is 3.89. The second-order valence-corrected chi connectivity index (χ2v) is 7.41. The molecule has 2 amide bonds. The second-order valence-electron chi connectivity index (χ2n) is 6.43. The third kappa shape index (κ3) is 3.51. The average molecular weight is 373 g/mol. The van der Waals surface area contributed by atoms with Crippen LogP contribution in [0.2, 0.25) is 0 Å². The first-order valence-corrected chi connectivity index (χ1v) is 9.16. The van der Waals surface area contributed by atoms with Crippen LogP contribution in [0, 0.1) is 0 Å². The Kier molecular flexibility index (Phi) is 5.15. The van der Waals surface area contributed by atoms with E-state index in [4.69, 9.17) is 0 Å². The Bertz CT molecular complexity index is 972. The monoisotopic (exact) mass is 373 g/mol. The number of aromatic nitrogens is 2. The summed E-state index contributed by atoms with van der Waals surface area (Å²) < 4.78 is 3.15. The van der Waals surface area contributed by atoms with Crippen LogP contribution in [0.1, 0.15) is 10.9 Å². The predicted molar refractivity (Wildman–Crippen MR) is 106 cm³/mol. The first-order chi connectivity index (χ1) is 12.4. The van der Waals surface area contributed by atoms with Gasteiger partial charge in [0.25, 0.3) is 0 Å². The summed E-state index contributed by atoms with van der Waals surface area (Å²) >= 11 is 1.67. The van der Waals surface area contributed by atoms with E-state index in [9.17, 15) is 9.59 Å². The number of nitrogens with zero attached hydrogens (tertiary/aromatic N) is 3. The van der Waals surface area contributed by atoms with Gasteiger partial charge in [0.1, 0.15) is 0 Å². The third-order valence-corrected chi connectivity index (χ3v) is 5.45. The zero-order chi connectivity index (χ0) is 18.8. The van der Waals surface area contributed by atoms with Gasteiger partial charge in [0, 0.05) is 31.2 Å². The van der Waals surface area contributed by atoms with Crippen molar-refractivity contribution in [3.63, 3.8) is 0 Å². The molecule has 0 saturated heterocycles. The molecule has 0 radical (unpaired) electrons. The van der Waals surface area contributed by atoms with Gasteiger partial charge in [0.2, 0.25) is 0 Å². The van der Waals surface area contributed by atoms with Crippen molar-refractivity contribution in [2.24, 2.45) is 14.1 Å². The van der Waals surface area contributed by atoms with Crippen LogP contribution in [0.5, 0.6) is 0 Å². The van der Waals surface area contributed by atoms with E-state index in [0.29, 0.717) is 12.2 Å². The zero-order valence-corrected chi connectivity index (χ0v) is 16.1. The highest BCUT2D eigenvalue weighted by atomic mass is 32.1. The summed E-state index contributed by atoms with van der Waals surface area (Å²) in [5.74, 6) is 0. The average Bonchev–Trinajstić information content (AvgIpc) is 3.19. The molecule has 0 aliphatic heterocycles. The molecular formula is C18H23N5O2S. The van der Waals surface area contributed by atoms with Crippen molar-refractivity contribution in [1.29, 1.82) is 0 Å². The van der Waals surface area contributed by atoms with Gasteiger partial charge in [-0.25, -0.2) is 9.59 Å². The predicted octanol–water partition coefficient (Wildman–Crippen LogP) is 2.36. The number of aryl methyl sites for hydroxylation is 2. The Morgan fingerprint density at radius 3 is 2.58 bits per heavy atom. The third-order valence-electron chi connectivity index (χ3n) is 4.48. The normalized spacial score (nSPS) is 12.5. The molecule has 3 rings (SSSR count). The van der Waals surface area contributed by atoms with Crippen LogP contribution in [0.15, 0.2) is 40.5 Å². The van der Waals surface area contributed by atoms with Crippen LogP contribution in [-0.4, -0.2) is 40.7 Å². The lowest BCUT2D eigenvalue weighted by molar-refractivity contribution is 0.244. The Morgan fingerprint density at radius 2 is 1.92 bits per heavy atom. The first kappa shape index (κ1) is 18.2. The van der Waals surface area contributed by atoms with Gasteiger partial charge in [-0.05, 0) is 43.7 Å². The van der Waals surface area contributed by atoms with E-state index in [2.05, 4.69) is 21.6 Å². The number of likely N-dealkylation sites (N-methyl/N-ethyl adjacent to an activating group) is 1. The van der Waals surface area contributed by atoms with Gasteiger partial charge in [0.15, 0.2) is 0 Å². The Balaban J connectivity index is 1.69. The number of anilines is 1. The molecule has 2 heterocycles. The summed E-state index contributed by atoms with van der Waals surface area (Å²) in [5, 5.41) is 7.79. The summed E-state index contributed by atoms with van der Waals surface area (Å²) in [5.41, 5.74) is 2.16. The molecule has 7 nitrogen and oxygen atoms in total. The number of benzene rings is 1. The Hall–Kier alpha value is -2.58. The maximum absolute atomic E-state index is 12.3. The number of thiophene rings is 1. The highest BCUT2D eigenvalue weighted by Crippen LogP contribution is 2.22. The van der Waals surface area contributed by atoms with E-state index >= 15 is 0 Å². The molecule has 0 unspecified atom stereocenters. The lowest BCUT2D eigenvalue weighted by Crippen LogP contribution is -2.36. The van der Waals surface area contributed by atoms with Gasteiger partial charge >= 0.3 is 11.7 Å². The topological polar surface area (TPSA) is 71.3 Å². The van der Waals surface area contributed by atoms with E-state index in [-0.39, 0.29) is 17.8 Å². The molecule has 0 spiro atoms. The van der Waals surface area contributed by atoms with Crippen LogP contribution < -0.4 is 16.3 Å². The SMILES string of the molecule is CN(C)[C@@H](CNC(=O)Nc1ccc2c(c1)n(C)c(=O)n2C)c1cccs1. The Morgan fingerprint density at radius 1 is 1.19 bits per heavy atom. The van der Waals surface area contributed by atoms with Gasteiger partial charge in [0.05, 0.1) is 17.1 Å². The number of hydrogen-bond donors (Lipinski definition) is 2. The lowest BCUT2D eigenvalue weighted by Gasteiger charge is -2.23. The molecule has 8 heteroatoms. The largest absolute Gasteiger partial charge is 0.336 e. The second kappa shape index (κ2) is 7.35. The number of carbonyl (C=O) groups is 1. The zero-order valence-electron chi connectivity index (χ0n) is 15.3. The smallest absolute Gasteiger partial charge is 0.328 e. The maximum atomic E-state index is 12.3. The van der Waals surface area contributed by atoms with Crippen molar-refractivity contribution in [1.82, 2.24) is 19.4 Å². The van der Waals surface area contributed by atoms with Crippen LogP contribution in [0.25, 0.3) is 11.0 Å². The number of imidazole rings is 1. The van der Waals surface area contributed by atoms with E-state index in [1.54, 1.807) is 46.7 Å². The molecule has 0 saturated carbocycles. The van der Waals surface area contributed by atoms with Gasteiger partial charge in [-0.15, -0.1) is 11.3 Å². The van der Waals surface area contributed by atoms with Crippen LogP contribution in [0.4, 0.5) is 10.5 Å². The molecule has 1 aromatic carbocycles. The number of hydrogen-bond acceptors (Lipinski definition) is 4. The van der Waals surface area contributed by atoms with Crippen molar-refractivity contribution in [3.05, 3.63) is 51.1 Å². The summed E-state index contributed by atoms with van der Waals surface area (Å²) in [6.07, 6.45) is 0. The molecule has 2 aromatic heterocycles. The molecule has 1 atom stereocenters. The summed E-state index contributed by atoms with van der Waals surface area (Å²) in [7, 11) is 7.44. The minimum atomic E-state index is -0.270. The van der Waals surface area contributed by atoms with Gasteiger partial charge in [-0.3, -0.25) is 9.13 Å². The van der Waals surface area contributed by atoms with Gasteiger partial charge in [-0.2, -0.15) is 0 Å². The summed E-state index contributed by atoms with van der Waals surface area (Å²) in [6.45, 7) is 0.505. The lowest BCUT2D eigenvalue weighted by atomic mass is 10.2. The maximum Gasteiger partial charge on any atom is 0.328 e. The highest BCUT2D eigenvalue weighted by Gasteiger charge is 2.16. The van der Waals surface area contributed by atoms with Crippen molar-refractivity contribution < 1.29 is 4.79 Å². The van der Waals surface area contributed by atoms with Gasteiger partial charge < -0.3 is 15.5 Å². The molecule has 3 aromatic rings. The summed E-state index contributed by atoms with van der Waals surface area (Å²) in [4.78, 5) is 27.6. The van der Waals surface area contributed by atoms with Crippen molar-refractivity contribution >= 4 is 34.1 Å². The van der Waals surface area contributed by atoms with E-state index in [0.717, 1.165) is 11.0 Å². The standard InChI is InChI=1S/C18H23N5O2S/c1-21(2)15(16-6-5-9-26-16)11-19-17(24)20-12-7-8-13-14(10-12)23(4)18(25)22(13)3/h5-10,15H,11H2,1-4H3,(H2,19,20,24)/t15-/m0/s1. The fraction of sp³-hybridized carbons (Fsp3) is 0.333. The molecule has 138 valence electrons. The van der Waals surface area contributed by atoms with Crippen molar-refractivity contribution in [2.75, 3.05) is 26.0 Å². The molecule has 2 N–H and O–H groups in total. The van der Waals surface area contributed by atoms with E-state index < -0.39 is 0 Å². The minimum absolute atomic E-state index is 0.0913. The fourth-order valence-electron chi connectivity index (χ4n) is 2.97. The number of rotatable bonds is 5. The van der Waals surface area contributed by atoms with Crippen LogP contribution in [-0.2, 0) is 14.1 Å². The van der Waals surface area contributed by atoms with Crippen LogP contribution >= 0.6 is 11.3 Å². The number of amides is 2. The minimum Gasteiger partial charge on any atom is -0.336 e. The first-order valence-electron chi connectivity index (χ1n) is 8.28. The van der Waals surface area contributed by atoms with E-state index in [1.807, 2.05) is 31.6 Å².